The Labute approximate surface area is 103 Å². The van der Waals surface area contributed by atoms with E-state index in [1.54, 1.807) is 13.8 Å². The molecule has 0 radical (unpaired) electrons. The fraction of sp³-hybridized carbons (Fsp3) is 0.417. The van der Waals surface area contributed by atoms with Crippen molar-refractivity contribution in [2.45, 2.75) is 26.4 Å². The van der Waals surface area contributed by atoms with Gasteiger partial charge in [0.2, 0.25) is 5.91 Å². The van der Waals surface area contributed by atoms with Gasteiger partial charge in [-0.05, 0) is 26.0 Å². The lowest BCUT2D eigenvalue weighted by Crippen LogP contribution is -2.46. The van der Waals surface area contributed by atoms with Crippen LogP contribution in [-0.4, -0.2) is 18.5 Å². The molecule has 98 valence electrons. The van der Waals surface area contributed by atoms with Crippen molar-refractivity contribution in [2.75, 3.05) is 5.32 Å². The zero-order chi connectivity index (χ0) is 13.3. The summed E-state index contributed by atoms with van der Waals surface area (Å²) in [6, 6.07) is 2.95. The standard InChI is InChI=1S/C12H13F2NO3/c1-6(12-17-7(2)18-12)11(16)15-10-4-3-8(13)5-9(10)14/h3-7,12H,1-2H3,(H,15,16). The van der Waals surface area contributed by atoms with Gasteiger partial charge in [0.15, 0.2) is 12.6 Å². The van der Waals surface area contributed by atoms with Crippen molar-refractivity contribution < 1.29 is 23.0 Å². The molecule has 0 spiro atoms. The van der Waals surface area contributed by atoms with E-state index in [-0.39, 0.29) is 12.0 Å². The quantitative estimate of drug-likeness (QED) is 0.903. The van der Waals surface area contributed by atoms with Gasteiger partial charge in [0, 0.05) is 6.07 Å². The van der Waals surface area contributed by atoms with Crippen molar-refractivity contribution >= 4 is 11.6 Å². The molecule has 0 aromatic heterocycles. The smallest absolute Gasteiger partial charge is 0.232 e. The molecule has 0 saturated carbocycles. The third-order valence-corrected chi connectivity index (χ3v) is 2.66. The van der Waals surface area contributed by atoms with Crippen LogP contribution >= 0.6 is 0 Å². The van der Waals surface area contributed by atoms with Crippen molar-refractivity contribution in [3.8, 4) is 0 Å². The predicted molar refractivity (Wildman–Crippen MR) is 59.6 cm³/mol. The highest BCUT2D eigenvalue weighted by Crippen LogP contribution is 2.24. The molecule has 0 bridgehead atoms. The number of carbonyl (C=O) groups is 1. The maximum atomic E-state index is 13.3. The van der Waals surface area contributed by atoms with E-state index < -0.39 is 29.7 Å². The maximum absolute atomic E-state index is 13.3. The van der Waals surface area contributed by atoms with Gasteiger partial charge in [0.05, 0.1) is 11.6 Å². The highest BCUT2D eigenvalue weighted by Gasteiger charge is 2.36. The predicted octanol–water partition coefficient (Wildman–Crippen LogP) is 2.26. The summed E-state index contributed by atoms with van der Waals surface area (Å²) in [7, 11) is 0. The summed E-state index contributed by atoms with van der Waals surface area (Å²) in [6.45, 7) is 3.31. The van der Waals surface area contributed by atoms with Crippen LogP contribution in [0.3, 0.4) is 0 Å². The topological polar surface area (TPSA) is 47.6 Å². The van der Waals surface area contributed by atoms with Crippen LogP contribution in [0.5, 0.6) is 0 Å². The Morgan fingerprint density at radius 3 is 2.61 bits per heavy atom. The summed E-state index contributed by atoms with van der Waals surface area (Å²) in [4.78, 5) is 11.8. The average Bonchev–Trinajstić information content (AvgIpc) is 2.27. The van der Waals surface area contributed by atoms with Crippen LogP contribution in [0.15, 0.2) is 18.2 Å². The van der Waals surface area contributed by atoms with Gasteiger partial charge in [-0.2, -0.15) is 0 Å². The van der Waals surface area contributed by atoms with Crippen molar-refractivity contribution in [2.24, 2.45) is 5.92 Å². The second-order valence-electron chi connectivity index (χ2n) is 4.11. The second-order valence-corrected chi connectivity index (χ2v) is 4.11. The molecule has 6 heteroatoms. The number of carbonyl (C=O) groups excluding carboxylic acids is 1. The molecule has 18 heavy (non-hydrogen) atoms. The molecule has 1 aliphatic rings. The zero-order valence-corrected chi connectivity index (χ0v) is 9.94. The Morgan fingerprint density at radius 1 is 1.39 bits per heavy atom. The Balaban J connectivity index is 1.98. The molecule has 0 aliphatic carbocycles. The summed E-state index contributed by atoms with van der Waals surface area (Å²) in [5.41, 5.74) is -0.0689. The first-order valence-corrected chi connectivity index (χ1v) is 5.54. The lowest BCUT2D eigenvalue weighted by Gasteiger charge is -2.36. The van der Waals surface area contributed by atoms with E-state index in [1.165, 1.54) is 6.07 Å². The molecule has 1 aromatic rings. The number of nitrogens with one attached hydrogen (secondary N) is 1. The minimum absolute atomic E-state index is 0.0689. The van der Waals surface area contributed by atoms with Crippen LogP contribution in [0.25, 0.3) is 0 Å². The lowest BCUT2D eigenvalue weighted by molar-refractivity contribution is -0.385. The largest absolute Gasteiger partial charge is 0.323 e. The van der Waals surface area contributed by atoms with E-state index in [0.717, 1.165) is 6.07 Å². The van der Waals surface area contributed by atoms with Crippen LogP contribution in [0, 0.1) is 17.6 Å². The Bertz CT molecular complexity index is 461. The van der Waals surface area contributed by atoms with Gasteiger partial charge >= 0.3 is 0 Å². The highest BCUT2D eigenvalue weighted by atomic mass is 19.1. The number of rotatable bonds is 3. The molecule has 1 unspecified atom stereocenters. The Kier molecular flexibility index (Phi) is 3.58. The van der Waals surface area contributed by atoms with Crippen LogP contribution in [0.1, 0.15) is 13.8 Å². The molecule has 1 aromatic carbocycles. The van der Waals surface area contributed by atoms with Crippen molar-refractivity contribution in [1.29, 1.82) is 0 Å². The number of benzene rings is 1. The van der Waals surface area contributed by atoms with Crippen molar-refractivity contribution in [3.05, 3.63) is 29.8 Å². The molecule has 1 atom stereocenters. The number of halogens is 2. The van der Waals surface area contributed by atoms with Gasteiger partial charge < -0.3 is 14.8 Å². The first kappa shape index (κ1) is 12.9. The zero-order valence-electron chi connectivity index (χ0n) is 9.94. The molecule has 2 rings (SSSR count). The van der Waals surface area contributed by atoms with Crippen LogP contribution in [-0.2, 0) is 14.3 Å². The van der Waals surface area contributed by atoms with Crippen LogP contribution in [0.4, 0.5) is 14.5 Å². The molecule has 4 nitrogen and oxygen atoms in total. The minimum Gasteiger partial charge on any atom is -0.323 e. The molecular weight excluding hydrogens is 244 g/mol. The number of hydrogen-bond acceptors (Lipinski definition) is 3. The first-order valence-electron chi connectivity index (χ1n) is 5.54. The van der Waals surface area contributed by atoms with Gasteiger partial charge in [-0.3, -0.25) is 4.79 Å². The molecule has 1 fully saturated rings. The average molecular weight is 257 g/mol. The van der Waals surface area contributed by atoms with E-state index in [0.29, 0.717) is 6.07 Å². The number of ether oxygens (including phenoxy) is 2. The normalized spacial score (nSPS) is 24.2. The van der Waals surface area contributed by atoms with Gasteiger partial charge in [-0.25, -0.2) is 8.78 Å². The Morgan fingerprint density at radius 2 is 2.06 bits per heavy atom. The third-order valence-electron chi connectivity index (χ3n) is 2.66. The van der Waals surface area contributed by atoms with Crippen molar-refractivity contribution in [1.82, 2.24) is 0 Å². The van der Waals surface area contributed by atoms with Crippen LogP contribution in [0.2, 0.25) is 0 Å². The third kappa shape index (κ3) is 2.65. The number of amides is 1. The molecule has 1 aliphatic heterocycles. The summed E-state index contributed by atoms with van der Waals surface area (Å²) < 4.78 is 36.3. The highest BCUT2D eigenvalue weighted by molar-refractivity contribution is 5.92. The molecular formula is C12H13F2NO3. The molecule has 1 heterocycles. The molecule has 1 saturated heterocycles. The maximum Gasteiger partial charge on any atom is 0.232 e. The van der Waals surface area contributed by atoms with Gasteiger partial charge in [-0.1, -0.05) is 0 Å². The molecule has 1 N–H and O–H groups in total. The summed E-state index contributed by atoms with van der Waals surface area (Å²) in [5.74, 6) is -2.54. The van der Waals surface area contributed by atoms with E-state index in [4.69, 9.17) is 9.47 Å². The summed E-state index contributed by atoms with van der Waals surface area (Å²) in [6.07, 6.45) is -0.948. The molecule has 1 amide bonds. The summed E-state index contributed by atoms with van der Waals surface area (Å²) in [5, 5.41) is 2.36. The van der Waals surface area contributed by atoms with Gasteiger partial charge in [0.25, 0.3) is 0 Å². The fourth-order valence-corrected chi connectivity index (χ4v) is 1.58. The Hall–Kier alpha value is -1.53. The monoisotopic (exact) mass is 257 g/mol. The van der Waals surface area contributed by atoms with Crippen molar-refractivity contribution in [3.63, 3.8) is 0 Å². The van der Waals surface area contributed by atoms with E-state index >= 15 is 0 Å². The fourth-order valence-electron chi connectivity index (χ4n) is 1.58. The minimum atomic E-state index is -0.820. The first-order chi connectivity index (χ1) is 8.47. The van der Waals surface area contributed by atoms with Crippen LogP contribution < -0.4 is 5.32 Å². The number of anilines is 1. The van der Waals surface area contributed by atoms with Gasteiger partial charge in [-0.15, -0.1) is 0 Å². The SMILES string of the molecule is CC1OC(C(C)C(=O)Nc2ccc(F)cc2F)O1. The van der Waals surface area contributed by atoms with E-state index in [1.807, 2.05) is 0 Å². The van der Waals surface area contributed by atoms with E-state index in [2.05, 4.69) is 5.32 Å². The second kappa shape index (κ2) is 4.99. The number of hydrogen-bond donors (Lipinski definition) is 1. The summed E-state index contributed by atoms with van der Waals surface area (Å²) >= 11 is 0. The van der Waals surface area contributed by atoms with Gasteiger partial charge in [0.1, 0.15) is 11.6 Å². The lowest BCUT2D eigenvalue weighted by atomic mass is 10.1. The van der Waals surface area contributed by atoms with E-state index in [9.17, 15) is 13.6 Å².